The molecule has 5 nitrogen and oxygen atoms in total. The molecule has 0 saturated carbocycles. The number of nitrogens with two attached hydrogens (primary N) is 1. The second-order valence-electron chi connectivity index (χ2n) is 3.28. The fourth-order valence-corrected chi connectivity index (χ4v) is 1.51. The van der Waals surface area contributed by atoms with Crippen LogP contribution < -0.4 is 5.73 Å². The molecule has 0 saturated heterocycles. The maximum absolute atomic E-state index is 5.83. The quantitative estimate of drug-likeness (QED) is 0.813. The minimum absolute atomic E-state index is 0.551. The molecule has 0 bridgehead atoms. The van der Waals surface area contributed by atoms with Gasteiger partial charge in [0, 0.05) is 18.0 Å². The molecule has 15 heavy (non-hydrogen) atoms. The van der Waals surface area contributed by atoms with Crippen molar-refractivity contribution in [3.05, 3.63) is 30.6 Å². The van der Waals surface area contributed by atoms with E-state index in [0.29, 0.717) is 5.82 Å². The van der Waals surface area contributed by atoms with Crippen LogP contribution in [0.4, 0.5) is 5.82 Å². The second kappa shape index (κ2) is 4.08. The average molecular weight is 203 g/mol. The Morgan fingerprint density at radius 2 is 2.27 bits per heavy atom. The van der Waals surface area contributed by atoms with Crippen LogP contribution in [0.3, 0.4) is 0 Å². The van der Waals surface area contributed by atoms with Crippen molar-refractivity contribution in [2.75, 3.05) is 5.73 Å². The molecule has 0 aliphatic heterocycles. The highest BCUT2D eigenvalue weighted by molar-refractivity contribution is 5.48. The lowest BCUT2D eigenvalue weighted by molar-refractivity contribution is 0.865. The number of imidazole rings is 1. The lowest BCUT2D eigenvalue weighted by Crippen LogP contribution is -2.06. The number of aromatic nitrogens is 4. The van der Waals surface area contributed by atoms with E-state index in [1.165, 1.54) is 6.33 Å². The molecule has 2 heterocycles. The summed E-state index contributed by atoms with van der Waals surface area (Å²) in [6.07, 6.45) is 8.64. The Bertz CT molecular complexity index is 435. The van der Waals surface area contributed by atoms with Gasteiger partial charge in [-0.25, -0.2) is 15.0 Å². The van der Waals surface area contributed by atoms with Crippen LogP contribution in [-0.4, -0.2) is 19.5 Å². The Kier molecular flexibility index (Phi) is 2.62. The lowest BCUT2D eigenvalue weighted by Gasteiger charge is -2.09. The van der Waals surface area contributed by atoms with Gasteiger partial charge in [-0.05, 0) is 6.42 Å². The van der Waals surface area contributed by atoms with Crippen LogP contribution in [0.1, 0.15) is 18.9 Å². The number of rotatable bonds is 3. The fourth-order valence-electron chi connectivity index (χ4n) is 1.51. The highest BCUT2D eigenvalue weighted by atomic mass is 15.1. The third-order valence-corrected chi connectivity index (χ3v) is 2.20. The molecule has 2 N–H and O–H groups in total. The molecule has 2 rings (SSSR count). The summed E-state index contributed by atoms with van der Waals surface area (Å²) < 4.78 is 1.85. The minimum atomic E-state index is 0.551. The van der Waals surface area contributed by atoms with Gasteiger partial charge in [-0.2, -0.15) is 0 Å². The van der Waals surface area contributed by atoms with Crippen molar-refractivity contribution >= 4 is 5.82 Å². The summed E-state index contributed by atoms with van der Waals surface area (Å²) in [5.41, 5.74) is 6.81. The Morgan fingerprint density at radius 1 is 1.40 bits per heavy atom. The molecule has 0 atom stereocenters. The largest absolute Gasteiger partial charge is 0.383 e. The van der Waals surface area contributed by atoms with Crippen molar-refractivity contribution in [2.45, 2.75) is 19.8 Å². The van der Waals surface area contributed by atoms with E-state index in [4.69, 9.17) is 5.73 Å². The first-order chi connectivity index (χ1) is 7.33. The lowest BCUT2D eigenvalue weighted by atomic mass is 10.1. The van der Waals surface area contributed by atoms with Crippen LogP contribution in [0, 0.1) is 0 Å². The summed E-state index contributed by atoms with van der Waals surface area (Å²) in [4.78, 5) is 12.2. The zero-order valence-electron chi connectivity index (χ0n) is 8.59. The predicted octanol–water partition coefficient (Wildman–Crippen LogP) is 1.20. The van der Waals surface area contributed by atoms with Gasteiger partial charge >= 0.3 is 0 Å². The third-order valence-electron chi connectivity index (χ3n) is 2.20. The van der Waals surface area contributed by atoms with Crippen molar-refractivity contribution in [1.29, 1.82) is 0 Å². The Morgan fingerprint density at radius 3 is 2.93 bits per heavy atom. The van der Waals surface area contributed by atoms with E-state index in [9.17, 15) is 0 Å². The second-order valence-corrected chi connectivity index (χ2v) is 3.28. The molecular weight excluding hydrogens is 190 g/mol. The first-order valence-electron chi connectivity index (χ1n) is 4.90. The van der Waals surface area contributed by atoms with Crippen molar-refractivity contribution in [2.24, 2.45) is 0 Å². The molecule has 0 spiro atoms. The summed E-state index contributed by atoms with van der Waals surface area (Å²) >= 11 is 0. The van der Waals surface area contributed by atoms with Gasteiger partial charge in [-0.1, -0.05) is 13.3 Å². The smallest absolute Gasteiger partial charge is 0.146 e. The van der Waals surface area contributed by atoms with E-state index >= 15 is 0 Å². The maximum Gasteiger partial charge on any atom is 0.146 e. The number of hydrogen-bond acceptors (Lipinski definition) is 4. The van der Waals surface area contributed by atoms with Gasteiger partial charge in [-0.3, -0.25) is 4.57 Å². The standard InChI is InChI=1S/C10H13N5/c1-2-3-8-9(11)13-6-14-10(8)15-5-4-12-7-15/h4-7H,2-3H2,1H3,(H2,11,13,14). The van der Waals surface area contributed by atoms with Gasteiger partial charge < -0.3 is 5.73 Å². The highest BCUT2D eigenvalue weighted by Crippen LogP contribution is 2.17. The molecule has 5 heteroatoms. The van der Waals surface area contributed by atoms with E-state index in [0.717, 1.165) is 24.2 Å². The molecule has 0 amide bonds. The Hall–Kier alpha value is -1.91. The average Bonchev–Trinajstić information content (AvgIpc) is 2.74. The highest BCUT2D eigenvalue weighted by Gasteiger charge is 2.09. The van der Waals surface area contributed by atoms with Gasteiger partial charge in [-0.15, -0.1) is 0 Å². The minimum Gasteiger partial charge on any atom is -0.383 e. The van der Waals surface area contributed by atoms with Crippen molar-refractivity contribution < 1.29 is 0 Å². The zero-order chi connectivity index (χ0) is 10.7. The van der Waals surface area contributed by atoms with E-state index in [-0.39, 0.29) is 0 Å². The van der Waals surface area contributed by atoms with Crippen molar-refractivity contribution in [3.63, 3.8) is 0 Å². The summed E-state index contributed by atoms with van der Waals surface area (Å²) in [7, 11) is 0. The summed E-state index contributed by atoms with van der Waals surface area (Å²) in [6.45, 7) is 2.10. The molecule has 2 aromatic rings. The van der Waals surface area contributed by atoms with Crippen LogP contribution in [0.15, 0.2) is 25.0 Å². The molecule has 0 fully saturated rings. The number of anilines is 1. The molecule has 0 aromatic carbocycles. The SMILES string of the molecule is CCCc1c(N)ncnc1-n1ccnc1. The fraction of sp³-hybridized carbons (Fsp3) is 0.300. The molecule has 2 aromatic heterocycles. The maximum atomic E-state index is 5.83. The normalized spacial score (nSPS) is 10.5. The van der Waals surface area contributed by atoms with Crippen molar-refractivity contribution in [1.82, 2.24) is 19.5 Å². The Labute approximate surface area is 88.0 Å². The molecule has 0 unspecified atom stereocenters. The van der Waals surface area contributed by atoms with Gasteiger partial charge in [0.15, 0.2) is 0 Å². The molecule has 0 radical (unpaired) electrons. The molecule has 0 aliphatic carbocycles. The monoisotopic (exact) mass is 203 g/mol. The first kappa shape index (κ1) is 9.64. The van der Waals surface area contributed by atoms with Crippen molar-refractivity contribution in [3.8, 4) is 5.82 Å². The summed E-state index contributed by atoms with van der Waals surface area (Å²) in [6, 6.07) is 0. The van der Waals surface area contributed by atoms with E-state index in [1.54, 1.807) is 12.5 Å². The van der Waals surface area contributed by atoms with Gasteiger partial charge in [0.05, 0.1) is 0 Å². The number of hydrogen-bond donors (Lipinski definition) is 1. The predicted molar refractivity (Wildman–Crippen MR) is 57.6 cm³/mol. The third kappa shape index (κ3) is 1.81. The van der Waals surface area contributed by atoms with E-state index in [1.807, 2.05) is 10.8 Å². The summed E-state index contributed by atoms with van der Waals surface area (Å²) in [5, 5.41) is 0. The van der Waals surface area contributed by atoms with Crippen LogP contribution in [0.25, 0.3) is 5.82 Å². The number of nitrogens with zero attached hydrogens (tertiary/aromatic N) is 4. The summed E-state index contributed by atoms with van der Waals surface area (Å²) in [5.74, 6) is 1.37. The van der Waals surface area contributed by atoms with Gasteiger partial charge in [0.1, 0.15) is 24.3 Å². The van der Waals surface area contributed by atoms with Crippen LogP contribution in [0.5, 0.6) is 0 Å². The topological polar surface area (TPSA) is 69.6 Å². The van der Waals surface area contributed by atoms with E-state index in [2.05, 4.69) is 21.9 Å². The Balaban J connectivity index is 2.51. The molecule has 78 valence electrons. The van der Waals surface area contributed by atoms with Crippen LogP contribution in [-0.2, 0) is 6.42 Å². The first-order valence-corrected chi connectivity index (χ1v) is 4.90. The van der Waals surface area contributed by atoms with Gasteiger partial charge in [0.25, 0.3) is 0 Å². The van der Waals surface area contributed by atoms with Crippen LogP contribution in [0.2, 0.25) is 0 Å². The number of nitrogen functional groups attached to an aromatic ring is 1. The van der Waals surface area contributed by atoms with Gasteiger partial charge in [0.2, 0.25) is 0 Å². The zero-order valence-corrected chi connectivity index (χ0v) is 8.59. The van der Waals surface area contributed by atoms with Crippen LogP contribution >= 0.6 is 0 Å². The van der Waals surface area contributed by atoms with E-state index < -0.39 is 0 Å². The molecular formula is C10H13N5. The molecule has 0 aliphatic rings.